The molecule has 1 amide bonds. The summed E-state index contributed by atoms with van der Waals surface area (Å²) in [6.45, 7) is -1.20. The fourth-order valence-corrected chi connectivity index (χ4v) is 2.35. The van der Waals surface area contributed by atoms with Gasteiger partial charge < -0.3 is 10.1 Å². The molecule has 0 aliphatic heterocycles. The molecule has 0 radical (unpaired) electrons. The molecule has 2 aromatic rings. The van der Waals surface area contributed by atoms with Gasteiger partial charge >= 0.3 is 6.61 Å². The summed E-state index contributed by atoms with van der Waals surface area (Å²) in [5.41, 5.74) is 1.03. The lowest BCUT2D eigenvalue weighted by molar-refractivity contribution is -0.385. The van der Waals surface area contributed by atoms with Crippen LogP contribution in [-0.2, 0) is 17.6 Å². The predicted molar refractivity (Wildman–Crippen MR) is 87.9 cm³/mol. The molecule has 0 bridgehead atoms. The number of halogens is 2. The Hall–Kier alpha value is -3.03. The van der Waals surface area contributed by atoms with Gasteiger partial charge in [-0.05, 0) is 18.6 Å². The van der Waals surface area contributed by atoms with Crippen LogP contribution >= 0.6 is 0 Å². The number of amides is 1. The van der Waals surface area contributed by atoms with Gasteiger partial charge in [0.1, 0.15) is 5.75 Å². The number of rotatable bonds is 7. The number of hydrogen-bond acceptors (Lipinski definition) is 4. The number of hydrogen-bond donors (Lipinski definition) is 1. The Bertz CT molecular complexity index is 781. The first-order chi connectivity index (χ1) is 11.9. The van der Waals surface area contributed by atoms with Gasteiger partial charge in [-0.25, -0.2) is 0 Å². The Morgan fingerprint density at radius 2 is 1.96 bits per heavy atom. The van der Waals surface area contributed by atoms with Crippen molar-refractivity contribution < 1.29 is 23.2 Å². The summed E-state index contributed by atoms with van der Waals surface area (Å²) in [4.78, 5) is 22.7. The van der Waals surface area contributed by atoms with Crippen molar-refractivity contribution in [3.63, 3.8) is 0 Å². The number of nitro groups is 1. The van der Waals surface area contributed by atoms with E-state index >= 15 is 0 Å². The molecule has 0 unspecified atom stereocenters. The summed E-state index contributed by atoms with van der Waals surface area (Å²) in [5, 5.41) is 13.6. The van der Waals surface area contributed by atoms with Gasteiger partial charge in [-0.3, -0.25) is 14.9 Å². The van der Waals surface area contributed by atoms with E-state index in [0.717, 1.165) is 0 Å². The highest BCUT2D eigenvalue weighted by Gasteiger charge is 2.16. The maximum absolute atomic E-state index is 12.4. The standard InChI is InChI=1S/C17H16F2N2O4/c1-2-11-7-8-13(10-14(11)21(23)24)20-16(22)9-12-5-3-4-6-15(12)25-17(18)19/h3-8,10,17H,2,9H2,1H3,(H,20,22). The van der Waals surface area contributed by atoms with Gasteiger partial charge in [0.25, 0.3) is 5.69 Å². The fraction of sp³-hybridized carbons (Fsp3) is 0.235. The fourth-order valence-electron chi connectivity index (χ4n) is 2.35. The third-order valence-corrected chi connectivity index (χ3v) is 3.49. The molecule has 0 fully saturated rings. The normalized spacial score (nSPS) is 10.6. The second-order valence-electron chi connectivity index (χ2n) is 5.17. The third kappa shape index (κ3) is 4.97. The molecular formula is C17H16F2N2O4. The third-order valence-electron chi connectivity index (χ3n) is 3.49. The highest BCUT2D eigenvalue weighted by Crippen LogP contribution is 2.25. The van der Waals surface area contributed by atoms with Crippen molar-refractivity contribution in [2.45, 2.75) is 26.4 Å². The van der Waals surface area contributed by atoms with E-state index in [1.165, 1.54) is 24.3 Å². The van der Waals surface area contributed by atoms with E-state index in [0.29, 0.717) is 17.5 Å². The van der Waals surface area contributed by atoms with Crippen LogP contribution in [0.15, 0.2) is 42.5 Å². The highest BCUT2D eigenvalue weighted by molar-refractivity contribution is 5.93. The summed E-state index contributed by atoms with van der Waals surface area (Å²) in [7, 11) is 0. The summed E-state index contributed by atoms with van der Waals surface area (Å²) in [5.74, 6) is -0.580. The first-order valence-corrected chi connectivity index (χ1v) is 7.50. The number of nitrogens with zero attached hydrogens (tertiary/aromatic N) is 1. The highest BCUT2D eigenvalue weighted by atomic mass is 19.3. The number of carbonyl (C=O) groups is 1. The summed E-state index contributed by atoms with van der Waals surface area (Å²) in [6, 6.07) is 10.4. The second-order valence-corrected chi connectivity index (χ2v) is 5.17. The van der Waals surface area contributed by atoms with Crippen LogP contribution in [0, 0.1) is 10.1 Å². The molecule has 132 valence electrons. The van der Waals surface area contributed by atoms with Crippen LogP contribution in [0.2, 0.25) is 0 Å². The molecule has 25 heavy (non-hydrogen) atoms. The molecule has 2 aromatic carbocycles. The van der Waals surface area contributed by atoms with Crippen LogP contribution in [0.4, 0.5) is 20.2 Å². The van der Waals surface area contributed by atoms with E-state index in [-0.39, 0.29) is 23.5 Å². The number of alkyl halides is 2. The monoisotopic (exact) mass is 350 g/mol. The largest absolute Gasteiger partial charge is 0.435 e. The van der Waals surface area contributed by atoms with Crippen LogP contribution in [0.5, 0.6) is 5.75 Å². The molecule has 0 aliphatic rings. The zero-order valence-corrected chi connectivity index (χ0v) is 13.4. The minimum absolute atomic E-state index is 0.0817. The van der Waals surface area contributed by atoms with Crippen molar-refractivity contribution >= 4 is 17.3 Å². The molecule has 0 saturated heterocycles. The Balaban J connectivity index is 2.13. The van der Waals surface area contributed by atoms with Gasteiger partial charge in [0.15, 0.2) is 0 Å². The minimum atomic E-state index is -2.99. The van der Waals surface area contributed by atoms with Gasteiger partial charge in [-0.1, -0.05) is 31.2 Å². The Morgan fingerprint density at radius 1 is 1.24 bits per heavy atom. The molecule has 0 aromatic heterocycles. The first-order valence-electron chi connectivity index (χ1n) is 7.50. The average molecular weight is 350 g/mol. The van der Waals surface area contributed by atoms with Crippen molar-refractivity contribution in [2.75, 3.05) is 5.32 Å². The number of carbonyl (C=O) groups excluding carboxylic acids is 1. The lowest BCUT2D eigenvalue weighted by Gasteiger charge is -2.11. The van der Waals surface area contributed by atoms with Crippen LogP contribution in [-0.4, -0.2) is 17.4 Å². The summed E-state index contributed by atoms with van der Waals surface area (Å²) in [6.07, 6.45) is 0.287. The van der Waals surface area contributed by atoms with Crippen molar-refractivity contribution in [2.24, 2.45) is 0 Å². The quantitative estimate of drug-likeness (QED) is 0.606. The van der Waals surface area contributed by atoms with Crippen LogP contribution in [0.25, 0.3) is 0 Å². The minimum Gasteiger partial charge on any atom is -0.435 e. The molecule has 0 saturated carbocycles. The molecule has 0 aliphatic carbocycles. The molecule has 0 spiro atoms. The van der Waals surface area contributed by atoms with E-state index in [9.17, 15) is 23.7 Å². The maximum atomic E-state index is 12.4. The van der Waals surface area contributed by atoms with Crippen LogP contribution in [0.3, 0.4) is 0 Å². The van der Waals surface area contributed by atoms with Crippen LogP contribution < -0.4 is 10.1 Å². The Kier molecular flexibility index (Phi) is 5.99. The Labute approximate surface area is 142 Å². The van der Waals surface area contributed by atoms with Gasteiger partial charge in [-0.2, -0.15) is 8.78 Å². The average Bonchev–Trinajstić information content (AvgIpc) is 2.56. The Morgan fingerprint density at radius 3 is 2.60 bits per heavy atom. The number of benzene rings is 2. The zero-order valence-electron chi connectivity index (χ0n) is 13.4. The summed E-state index contributed by atoms with van der Waals surface area (Å²) >= 11 is 0. The number of nitro benzene ring substituents is 1. The van der Waals surface area contributed by atoms with Gasteiger partial charge in [0.2, 0.25) is 5.91 Å². The van der Waals surface area contributed by atoms with Crippen molar-refractivity contribution in [3.8, 4) is 5.75 Å². The van der Waals surface area contributed by atoms with E-state index in [1.54, 1.807) is 25.1 Å². The lowest BCUT2D eigenvalue weighted by Crippen LogP contribution is -2.16. The smallest absolute Gasteiger partial charge is 0.387 e. The molecule has 0 atom stereocenters. The number of aryl methyl sites for hydroxylation is 1. The molecule has 8 heteroatoms. The molecule has 0 heterocycles. The number of para-hydroxylation sites is 1. The van der Waals surface area contributed by atoms with E-state index in [2.05, 4.69) is 10.1 Å². The number of ether oxygens (including phenoxy) is 1. The van der Waals surface area contributed by atoms with E-state index in [1.807, 2.05) is 0 Å². The van der Waals surface area contributed by atoms with Crippen molar-refractivity contribution in [3.05, 3.63) is 63.7 Å². The molecule has 1 N–H and O–H groups in total. The van der Waals surface area contributed by atoms with Gasteiger partial charge in [-0.15, -0.1) is 0 Å². The van der Waals surface area contributed by atoms with Gasteiger partial charge in [0.05, 0.1) is 11.3 Å². The molecular weight excluding hydrogens is 334 g/mol. The lowest BCUT2D eigenvalue weighted by atomic mass is 10.1. The van der Waals surface area contributed by atoms with Crippen LogP contribution in [0.1, 0.15) is 18.1 Å². The van der Waals surface area contributed by atoms with E-state index in [4.69, 9.17) is 0 Å². The predicted octanol–water partition coefficient (Wildman–Crippen LogP) is 3.94. The van der Waals surface area contributed by atoms with Crippen molar-refractivity contribution in [1.29, 1.82) is 0 Å². The maximum Gasteiger partial charge on any atom is 0.387 e. The summed E-state index contributed by atoms with van der Waals surface area (Å²) < 4.78 is 29.2. The molecule has 6 nitrogen and oxygen atoms in total. The van der Waals surface area contributed by atoms with Crippen molar-refractivity contribution in [1.82, 2.24) is 0 Å². The number of nitrogens with one attached hydrogen (secondary N) is 1. The first kappa shape index (κ1) is 18.3. The van der Waals surface area contributed by atoms with E-state index < -0.39 is 17.4 Å². The SMILES string of the molecule is CCc1ccc(NC(=O)Cc2ccccc2OC(F)F)cc1[N+](=O)[O-]. The zero-order chi connectivity index (χ0) is 18.4. The van der Waals surface area contributed by atoms with Gasteiger partial charge in [0, 0.05) is 22.9 Å². The topological polar surface area (TPSA) is 81.5 Å². The number of anilines is 1. The molecule has 2 rings (SSSR count). The second kappa shape index (κ2) is 8.18.